The van der Waals surface area contributed by atoms with Gasteiger partial charge in [0.25, 0.3) is 0 Å². The summed E-state index contributed by atoms with van der Waals surface area (Å²) in [4.78, 5) is 23.2. The van der Waals surface area contributed by atoms with Crippen LogP contribution in [0, 0.1) is 0 Å². The van der Waals surface area contributed by atoms with Crippen LogP contribution in [0.15, 0.2) is 42.5 Å². The highest BCUT2D eigenvalue weighted by atomic mass is 16.5. The number of carboxylic acid groups (broad SMARTS) is 1. The fourth-order valence-corrected chi connectivity index (χ4v) is 4.11. The number of fused-ring (bicyclic) bond motifs is 1. The van der Waals surface area contributed by atoms with Crippen molar-refractivity contribution in [3.05, 3.63) is 53.6 Å². The van der Waals surface area contributed by atoms with E-state index >= 15 is 0 Å². The molecule has 3 N–H and O–H groups in total. The number of hydrogen-bond acceptors (Lipinski definition) is 6. The minimum absolute atomic E-state index is 0.0147. The summed E-state index contributed by atoms with van der Waals surface area (Å²) in [6, 6.07) is 12.6. The van der Waals surface area contributed by atoms with Gasteiger partial charge in [-0.05, 0) is 49.1 Å². The lowest BCUT2D eigenvalue weighted by atomic mass is 9.91. The number of rotatable bonds is 9. The Morgan fingerprint density at radius 1 is 1.16 bits per heavy atom. The van der Waals surface area contributed by atoms with Gasteiger partial charge in [-0.2, -0.15) is 0 Å². The van der Waals surface area contributed by atoms with E-state index in [-0.39, 0.29) is 25.5 Å². The van der Waals surface area contributed by atoms with Crippen LogP contribution in [0.2, 0.25) is 0 Å². The smallest absolute Gasteiger partial charge is 0.336 e. The van der Waals surface area contributed by atoms with Gasteiger partial charge in [-0.15, -0.1) is 0 Å². The van der Waals surface area contributed by atoms with Crippen LogP contribution in [0.4, 0.5) is 5.69 Å². The predicted octanol–water partition coefficient (Wildman–Crippen LogP) is 2.57. The number of carboxylic acids is 1. The molecule has 170 valence electrons. The number of aliphatic hydroxyl groups excluding tert-OH is 1. The summed E-state index contributed by atoms with van der Waals surface area (Å²) < 4.78 is 17.0. The molecule has 2 aromatic carbocycles. The quantitative estimate of drug-likeness (QED) is 0.548. The second kappa shape index (κ2) is 9.58. The van der Waals surface area contributed by atoms with Crippen LogP contribution in [0.3, 0.4) is 0 Å². The molecule has 2 aliphatic rings. The normalized spacial score (nSPS) is 20.8. The van der Waals surface area contributed by atoms with Crippen LogP contribution in [0.25, 0.3) is 0 Å². The lowest BCUT2D eigenvalue weighted by Gasteiger charge is -2.23. The van der Waals surface area contributed by atoms with Gasteiger partial charge in [-0.3, -0.25) is 4.79 Å². The number of aliphatic hydroxyl groups is 1. The molecule has 1 unspecified atom stereocenters. The molecule has 2 aliphatic heterocycles. The van der Waals surface area contributed by atoms with Crippen LogP contribution in [-0.4, -0.2) is 53.6 Å². The van der Waals surface area contributed by atoms with Crippen molar-refractivity contribution in [1.29, 1.82) is 0 Å². The zero-order valence-corrected chi connectivity index (χ0v) is 17.7. The molecule has 2 atom stereocenters. The number of hydrogen-bond donors (Lipinski definition) is 3. The number of ether oxygens (including phenoxy) is 3. The van der Waals surface area contributed by atoms with E-state index in [2.05, 4.69) is 5.32 Å². The molecule has 0 radical (unpaired) electrons. The molecular weight excluding hydrogens is 414 g/mol. The van der Waals surface area contributed by atoms with Crippen LogP contribution < -0.4 is 14.8 Å². The van der Waals surface area contributed by atoms with Gasteiger partial charge in [0.1, 0.15) is 30.8 Å². The first kappa shape index (κ1) is 22.1. The zero-order chi connectivity index (χ0) is 22.6. The second-order valence-corrected chi connectivity index (χ2v) is 8.18. The summed E-state index contributed by atoms with van der Waals surface area (Å²) in [7, 11) is 0. The largest absolute Gasteiger partial charge is 0.491 e. The van der Waals surface area contributed by atoms with Gasteiger partial charge in [-0.25, -0.2) is 4.79 Å². The average Bonchev–Trinajstić information content (AvgIpc) is 3.26. The molecule has 1 fully saturated rings. The molecule has 1 amide bonds. The molecule has 2 heterocycles. The third-order valence-corrected chi connectivity index (χ3v) is 5.76. The monoisotopic (exact) mass is 441 g/mol. The van der Waals surface area contributed by atoms with Gasteiger partial charge in [0.2, 0.25) is 5.91 Å². The van der Waals surface area contributed by atoms with E-state index in [1.807, 2.05) is 18.2 Å². The number of benzene rings is 2. The number of anilines is 1. The standard InChI is InChI=1S/C24H27NO7/c26-17(15-31-21-7-2-6-20-19(21)8-9-22(27)25-20)14-30-18-5-1-4-16(12-18)13-24(23(28)29)10-3-11-32-24/h1-2,4-7,12,17,26H,3,8-11,13-15H2,(H,25,27)(H,28,29)/t17-,24?/m1/s1. The summed E-state index contributed by atoms with van der Waals surface area (Å²) in [6.07, 6.45) is 1.61. The lowest BCUT2D eigenvalue weighted by molar-refractivity contribution is -0.159. The fraction of sp³-hybridized carbons (Fsp3) is 0.417. The van der Waals surface area contributed by atoms with E-state index < -0.39 is 17.7 Å². The summed E-state index contributed by atoms with van der Waals surface area (Å²) in [6.45, 7) is 0.515. The van der Waals surface area contributed by atoms with Crippen molar-refractivity contribution in [2.45, 2.75) is 43.8 Å². The number of nitrogens with one attached hydrogen (secondary N) is 1. The molecule has 0 aromatic heterocycles. The first-order valence-electron chi connectivity index (χ1n) is 10.8. The number of carbonyl (C=O) groups is 2. The molecule has 2 aromatic rings. The Morgan fingerprint density at radius 2 is 1.97 bits per heavy atom. The Kier molecular flexibility index (Phi) is 6.62. The van der Waals surface area contributed by atoms with Gasteiger partial charge < -0.3 is 29.7 Å². The first-order chi connectivity index (χ1) is 15.4. The van der Waals surface area contributed by atoms with E-state index in [1.54, 1.807) is 24.3 Å². The summed E-state index contributed by atoms with van der Waals surface area (Å²) in [5.41, 5.74) is 1.29. The Hall–Kier alpha value is -3.10. The highest BCUT2D eigenvalue weighted by Crippen LogP contribution is 2.32. The SMILES string of the molecule is O=C1CCc2c(cccc2OC[C@H](O)COc2cccc(CC3(C(=O)O)CCCO3)c2)N1. The highest BCUT2D eigenvalue weighted by Gasteiger charge is 2.42. The third kappa shape index (κ3) is 5.03. The Bertz CT molecular complexity index is 984. The molecule has 0 saturated carbocycles. The Labute approximate surface area is 186 Å². The zero-order valence-electron chi connectivity index (χ0n) is 17.7. The van der Waals surface area contributed by atoms with E-state index in [0.29, 0.717) is 37.4 Å². The molecule has 0 aliphatic carbocycles. The first-order valence-corrected chi connectivity index (χ1v) is 10.8. The van der Waals surface area contributed by atoms with Gasteiger partial charge in [0.15, 0.2) is 5.60 Å². The molecule has 0 bridgehead atoms. The Morgan fingerprint density at radius 3 is 2.75 bits per heavy atom. The van der Waals surface area contributed by atoms with Crippen molar-refractivity contribution in [1.82, 2.24) is 0 Å². The van der Waals surface area contributed by atoms with Crippen LogP contribution in [0.5, 0.6) is 11.5 Å². The second-order valence-electron chi connectivity index (χ2n) is 8.18. The van der Waals surface area contributed by atoms with Gasteiger partial charge in [0, 0.05) is 30.7 Å². The minimum Gasteiger partial charge on any atom is -0.491 e. The maximum Gasteiger partial charge on any atom is 0.336 e. The van der Waals surface area contributed by atoms with Crippen molar-refractivity contribution in [3.63, 3.8) is 0 Å². The lowest BCUT2D eigenvalue weighted by Crippen LogP contribution is -2.40. The van der Waals surface area contributed by atoms with Crippen molar-refractivity contribution in [3.8, 4) is 11.5 Å². The van der Waals surface area contributed by atoms with Crippen LogP contribution in [-0.2, 0) is 27.2 Å². The number of carbonyl (C=O) groups excluding carboxylic acids is 1. The molecule has 1 saturated heterocycles. The molecule has 8 heteroatoms. The topological polar surface area (TPSA) is 114 Å². The molecule has 4 rings (SSSR count). The van der Waals surface area contributed by atoms with Crippen molar-refractivity contribution in [2.75, 3.05) is 25.1 Å². The third-order valence-electron chi connectivity index (χ3n) is 5.76. The summed E-state index contributed by atoms with van der Waals surface area (Å²) in [5, 5.41) is 22.7. The molecular formula is C24H27NO7. The maximum atomic E-state index is 11.7. The minimum atomic E-state index is -1.18. The molecule has 32 heavy (non-hydrogen) atoms. The van der Waals surface area contributed by atoms with E-state index in [0.717, 1.165) is 23.2 Å². The van der Waals surface area contributed by atoms with E-state index in [9.17, 15) is 19.8 Å². The van der Waals surface area contributed by atoms with Gasteiger partial charge in [0.05, 0.1) is 0 Å². The summed E-state index contributed by atoms with van der Waals surface area (Å²) >= 11 is 0. The van der Waals surface area contributed by atoms with E-state index in [4.69, 9.17) is 14.2 Å². The maximum absolute atomic E-state index is 11.7. The summed E-state index contributed by atoms with van der Waals surface area (Å²) in [5.74, 6) is 0.217. The average molecular weight is 441 g/mol. The van der Waals surface area contributed by atoms with Crippen LogP contribution >= 0.6 is 0 Å². The fourth-order valence-electron chi connectivity index (χ4n) is 4.11. The number of amides is 1. The molecule has 8 nitrogen and oxygen atoms in total. The van der Waals surface area contributed by atoms with E-state index in [1.165, 1.54) is 0 Å². The molecule has 0 spiro atoms. The highest BCUT2D eigenvalue weighted by molar-refractivity contribution is 5.94. The Balaban J connectivity index is 1.31. The number of aliphatic carboxylic acids is 1. The van der Waals surface area contributed by atoms with Crippen molar-refractivity contribution >= 4 is 17.6 Å². The van der Waals surface area contributed by atoms with Crippen LogP contribution in [0.1, 0.15) is 30.4 Å². The van der Waals surface area contributed by atoms with Crippen molar-refractivity contribution < 1.29 is 34.0 Å². The van der Waals surface area contributed by atoms with Gasteiger partial charge in [-0.1, -0.05) is 18.2 Å². The van der Waals surface area contributed by atoms with Crippen molar-refractivity contribution in [2.24, 2.45) is 0 Å². The van der Waals surface area contributed by atoms with Gasteiger partial charge >= 0.3 is 5.97 Å². The predicted molar refractivity (Wildman–Crippen MR) is 116 cm³/mol.